The standard InChI is InChI=1S/C37H27Cl2F3N6O6/c1-54-23-11-12-29(49)25(16-23)30-24-13-14-45-34(52)46(22-5-3-2-4-6-22)35(53)48(45)28(24)17-26-32(50)47(33(51)36(26,30)19-7-9-21(38)10-8-19)44-31-27(39)15-20(18-43-31)37(40,41)42/h2-13,15-16,18,26,28,30,49H,14,17H2,1H3,(H,43,44)/t26-,28+,30+,36+/m0/s1. The zero-order valence-electron chi connectivity index (χ0n) is 27.9. The van der Waals surface area contributed by atoms with Gasteiger partial charge in [-0.25, -0.2) is 28.5 Å². The molecule has 4 atom stereocenters. The molecule has 0 spiro atoms. The van der Waals surface area contributed by atoms with Crippen molar-refractivity contribution in [2.24, 2.45) is 5.92 Å². The van der Waals surface area contributed by atoms with Crippen molar-refractivity contribution in [1.82, 2.24) is 23.9 Å². The molecule has 12 nitrogen and oxygen atoms in total. The van der Waals surface area contributed by atoms with Gasteiger partial charge in [0.25, 0.3) is 11.8 Å². The number of phenols is 1. The summed E-state index contributed by atoms with van der Waals surface area (Å²) in [5.74, 6) is -4.52. The normalized spacial score (nSPS) is 22.0. The molecule has 17 heteroatoms. The Kier molecular flexibility index (Phi) is 8.26. The zero-order chi connectivity index (χ0) is 38.3. The highest BCUT2D eigenvalue weighted by Gasteiger charge is 2.69. The Hall–Kier alpha value is -5.80. The molecule has 8 rings (SSSR count). The van der Waals surface area contributed by atoms with E-state index in [-0.39, 0.29) is 24.3 Å². The summed E-state index contributed by atoms with van der Waals surface area (Å²) in [6.45, 7) is -0.0997. The number of methoxy groups -OCH3 is 1. The molecule has 0 bridgehead atoms. The van der Waals surface area contributed by atoms with E-state index in [1.165, 1.54) is 46.8 Å². The predicted octanol–water partition coefficient (Wildman–Crippen LogP) is 5.85. The quantitative estimate of drug-likeness (QED) is 0.162. The molecular weight excluding hydrogens is 752 g/mol. The highest BCUT2D eigenvalue weighted by Crippen LogP contribution is 2.63. The number of ether oxygens (including phenoxy) is 1. The van der Waals surface area contributed by atoms with Crippen LogP contribution in [0, 0.1) is 5.92 Å². The molecule has 1 saturated carbocycles. The third kappa shape index (κ3) is 5.16. The summed E-state index contributed by atoms with van der Waals surface area (Å²) in [4.78, 5) is 61.9. The van der Waals surface area contributed by atoms with Gasteiger partial charge in [-0.05, 0) is 66.1 Å². The molecule has 4 heterocycles. The van der Waals surface area contributed by atoms with Crippen molar-refractivity contribution >= 4 is 40.8 Å². The molecule has 0 unspecified atom stereocenters. The number of fused-ring (bicyclic) bond motifs is 4. The van der Waals surface area contributed by atoms with Gasteiger partial charge in [0.15, 0.2) is 5.82 Å². The molecule has 276 valence electrons. The number of rotatable bonds is 6. The van der Waals surface area contributed by atoms with Gasteiger partial charge in [-0.15, -0.1) is 0 Å². The number of nitrogens with zero attached hydrogens (tertiary/aromatic N) is 5. The summed E-state index contributed by atoms with van der Waals surface area (Å²) in [7, 11) is 1.42. The largest absolute Gasteiger partial charge is 0.508 e. The number of allylic oxidation sites excluding steroid dienone is 2. The molecule has 0 radical (unpaired) electrons. The number of nitrogens with one attached hydrogen (secondary N) is 1. The fourth-order valence-corrected chi connectivity index (χ4v) is 8.41. The van der Waals surface area contributed by atoms with Gasteiger partial charge < -0.3 is 9.84 Å². The first-order valence-electron chi connectivity index (χ1n) is 16.5. The fraction of sp³-hybridized carbons (Fsp3) is 0.216. The first kappa shape index (κ1) is 35.2. The van der Waals surface area contributed by atoms with Crippen LogP contribution in [0.3, 0.4) is 0 Å². The van der Waals surface area contributed by atoms with Gasteiger partial charge in [0.05, 0.1) is 47.3 Å². The minimum Gasteiger partial charge on any atom is -0.508 e. The summed E-state index contributed by atoms with van der Waals surface area (Å²) in [6.07, 6.45) is -2.73. The van der Waals surface area contributed by atoms with Crippen molar-refractivity contribution in [3.05, 3.63) is 144 Å². The number of carbonyl (C=O) groups is 2. The Labute approximate surface area is 313 Å². The second-order valence-electron chi connectivity index (χ2n) is 13.0. The van der Waals surface area contributed by atoms with E-state index in [1.54, 1.807) is 48.5 Å². The van der Waals surface area contributed by atoms with Crippen molar-refractivity contribution in [2.75, 3.05) is 12.5 Å². The molecular formula is C37H27Cl2F3N6O6. The number of halogens is 5. The van der Waals surface area contributed by atoms with Gasteiger partial charge in [-0.2, -0.15) is 18.2 Å². The number of hydrogen-bond donors (Lipinski definition) is 2. The third-order valence-electron chi connectivity index (χ3n) is 10.4. The minimum absolute atomic E-state index is 0.0997. The second-order valence-corrected chi connectivity index (χ2v) is 13.9. The molecule has 2 aromatic heterocycles. The number of alkyl halides is 3. The number of aromatic hydroxyl groups is 1. The van der Waals surface area contributed by atoms with Crippen LogP contribution in [0.2, 0.25) is 10.0 Å². The first-order valence-corrected chi connectivity index (χ1v) is 17.2. The van der Waals surface area contributed by atoms with Crippen LogP contribution in [0.5, 0.6) is 11.5 Å². The molecule has 2 fully saturated rings. The zero-order valence-corrected chi connectivity index (χ0v) is 29.4. The smallest absolute Gasteiger partial charge is 0.417 e. The van der Waals surface area contributed by atoms with E-state index in [9.17, 15) is 32.7 Å². The lowest BCUT2D eigenvalue weighted by Crippen LogP contribution is -2.53. The summed E-state index contributed by atoms with van der Waals surface area (Å²) < 4.78 is 49.4. The van der Waals surface area contributed by atoms with E-state index < -0.39 is 69.1 Å². The van der Waals surface area contributed by atoms with Crippen LogP contribution >= 0.6 is 23.2 Å². The lowest BCUT2D eigenvalue weighted by atomic mass is 9.53. The third-order valence-corrected chi connectivity index (χ3v) is 10.9. The van der Waals surface area contributed by atoms with Gasteiger partial charge in [-0.3, -0.25) is 15.0 Å². The highest BCUT2D eigenvalue weighted by atomic mass is 35.5. The van der Waals surface area contributed by atoms with Crippen molar-refractivity contribution in [1.29, 1.82) is 0 Å². The van der Waals surface area contributed by atoms with Gasteiger partial charge in [0.2, 0.25) is 0 Å². The van der Waals surface area contributed by atoms with Crippen LogP contribution in [-0.2, 0) is 27.7 Å². The maximum absolute atomic E-state index is 15.3. The van der Waals surface area contributed by atoms with Crippen LogP contribution in [-0.4, -0.2) is 48.0 Å². The van der Waals surface area contributed by atoms with Crippen molar-refractivity contribution in [2.45, 2.75) is 36.5 Å². The van der Waals surface area contributed by atoms with E-state index in [0.717, 1.165) is 4.57 Å². The Balaban J connectivity index is 1.37. The molecule has 2 amide bonds. The van der Waals surface area contributed by atoms with E-state index in [2.05, 4.69) is 10.4 Å². The van der Waals surface area contributed by atoms with Crippen molar-refractivity contribution < 1.29 is 32.6 Å². The Morgan fingerprint density at radius 1 is 0.963 bits per heavy atom. The van der Waals surface area contributed by atoms with Crippen molar-refractivity contribution in [3.63, 3.8) is 0 Å². The highest BCUT2D eigenvalue weighted by molar-refractivity contribution is 6.33. The number of phenolic OH excluding ortho intramolecular Hbond substituents is 1. The number of pyridine rings is 1. The monoisotopic (exact) mass is 778 g/mol. The first-order chi connectivity index (χ1) is 25.8. The Morgan fingerprint density at radius 2 is 1.69 bits per heavy atom. The number of hydrazine groups is 1. The summed E-state index contributed by atoms with van der Waals surface area (Å²) in [5, 5.41) is 12.0. The number of carbonyl (C=O) groups excluding carboxylic acids is 2. The molecule has 3 aliphatic rings. The van der Waals surface area contributed by atoms with Gasteiger partial charge >= 0.3 is 17.6 Å². The van der Waals surface area contributed by atoms with E-state index in [1.807, 2.05) is 0 Å². The lowest BCUT2D eigenvalue weighted by molar-refractivity contribution is -0.139. The molecule has 54 heavy (non-hydrogen) atoms. The lowest BCUT2D eigenvalue weighted by Gasteiger charge is -2.49. The van der Waals surface area contributed by atoms with E-state index >= 15 is 4.79 Å². The second kappa shape index (κ2) is 12.7. The van der Waals surface area contributed by atoms with Crippen molar-refractivity contribution in [3.8, 4) is 17.2 Å². The average Bonchev–Trinajstić information content (AvgIpc) is 3.53. The topological polar surface area (TPSA) is 141 Å². The Morgan fingerprint density at radius 3 is 2.35 bits per heavy atom. The molecule has 5 aromatic rings. The average molecular weight is 780 g/mol. The molecule has 1 saturated heterocycles. The SMILES string of the molecule is COc1ccc(O)c([C@H]2C3=CCn4c(=O)n(-c5ccccc5)c(=O)n4[C@@H]3C[C@H]3C(=O)N(Nc4ncc(C(F)(F)F)cc4Cl)C(=O)[C@@]23c2ccc(Cl)cc2)c1. The van der Waals surface area contributed by atoms with Gasteiger partial charge in [-0.1, -0.05) is 59.6 Å². The summed E-state index contributed by atoms with van der Waals surface area (Å²) >= 11 is 12.5. The molecule has 1 aliphatic carbocycles. The van der Waals surface area contributed by atoms with E-state index in [4.69, 9.17) is 27.9 Å². The molecule has 2 aliphatic heterocycles. The fourth-order valence-electron chi connectivity index (χ4n) is 8.08. The summed E-state index contributed by atoms with van der Waals surface area (Å²) in [6, 6.07) is 18.6. The molecule has 3 aromatic carbocycles. The maximum atomic E-state index is 15.3. The maximum Gasteiger partial charge on any atom is 0.417 e. The minimum atomic E-state index is -4.77. The predicted molar refractivity (Wildman–Crippen MR) is 190 cm³/mol. The van der Waals surface area contributed by atoms with Crippen LogP contribution in [0.1, 0.15) is 35.1 Å². The number of para-hydroxylation sites is 1. The van der Waals surface area contributed by atoms with Crippen LogP contribution < -0.4 is 21.5 Å². The number of anilines is 1. The Bertz CT molecular complexity index is 2520. The molecule has 2 N–H and O–H groups in total. The number of amides is 2. The summed E-state index contributed by atoms with van der Waals surface area (Å²) in [5.41, 5.74) is -0.510. The number of aromatic nitrogens is 4. The number of imide groups is 1. The number of benzene rings is 3. The van der Waals surface area contributed by atoms with Crippen LogP contribution in [0.25, 0.3) is 5.69 Å². The van der Waals surface area contributed by atoms with Gasteiger partial charge in [0.1, 0.15) is 11.5 Å². The van der Waals surface area contributed by atoms with E-state index in [0.29, 0.717) is 44.9 Å². The van der Waals surface area contributed by atoms with Crippen LogP contribution in [0.4, 0.5) is 19.0 Å². The number of hydrogen-bond acceptors (Lipinski definition) is 8. The van der Waals surface area contributed by atoms with Crippen LogP contribution in [0.15, 0.2) is 106 Å². The van der Waals surface area contributed by atoms with Gasteiger partial charge in [0, 0.05) is 22.7 Å².